The lowest BCUT2D eigenvalue weighted by Gasteiger charge is -2.31. The van der Waals surface area contributed by atoms with Crippen LogP contribution in [0.1, 0.15) is 39.0 Å². The molecule has 0 radical (unpaired) electrons. The topological polar surface area (TPSA) is 60.1 Å². The van der Waals surface area contributed by atoms with Gasteiger partial charge in [0.25, 0.3) is 0 Å². The van der Waals surface area contributed by atoms with E-state index in [2.05, 4.69) is 16.8 Å². The molecule has 2 aliphatic rings. The largest absolute Gasteiger partial charge is 0.379 e. The van der Waals surface area contributed by atoms with E-state index in [4.69, 9.17) is 15.2 Å². The summed E-state index contributed by atoms with van der Waals surface area (Å²) in [6, 6.07) is 0. The van der Waals surface area contributed by atoms with E-state index in [1.54, 1.807) is 0 Å². The van der Waals surface area contributed by atoms with E-state index in [-0.39, 0.29) is 24.0 Å². The minimum atomic E-state index is 0. The molecule has 2 saturated heterocycles. The van der Waals surface area contributed by atoms with Crippen LogP contribution in [0, 0.1) is 5.92 Å². The van der Waals surface area contributed by atoms with Crippen LogP contribution < -0.4 is 5.73 Å². The fraction of sp³-hybridized carbons (Fsp3) is 0.933. The minimum absolute atomic E-state index is 0. The number of piperidine rings is 1. The van der Waals surface area contributed by atoms with Crippen LogP contribution in [0.15, 0.2) is 4.99 Å². The lowest BCUT2D eigenvalue weighted by molar-refractivity contribution is 0.0170. The zero-order chi connectivity index (χ0) is 14.2. The van der Waals surface area contributed by atoms with E-state index >= 15 is 0 Å². The Balaban J connectivity index is 0.00000220. The summed E-state index contributed by atoms with van der Waals surface area (Å²) in [6.07, 6.45) is 6.08. The van der Waals surface area contributed by atoms with Crippen LogP contribution in [-0.4, -0.2) is 56.4 Å². The molecule has 0 aliphatic carbocycles. The van der Waals surface area contributed by atoms with Gasteiger partial charge < -0.3 is 20.1 Å². The molecule has 124 valence electrons. The van der Waals surface area contributed by atoms with E-state index in [1.807, 2.05) is 0 Å². The lowest BCUT2D eigenvalue weighted by Crippen LogP contribution is -2.43. The van der Waals surface area contributed by atoms with Crippen LogP contribution in [0.5, 0.6) is 0 Å². The highest BCUT2D eigenvalue weighted by molar-refractivity contribution is 14.0. The van der Waals surface area contributed by atoms with Crippen molar-refractivity contribution in [2.75, 3.05) is 39.5 Å². The molecule has 0 aromatic heterocycles. The quantitative estimate of drug-likeness (QED) is 0.315. The standard InChI is InChI=1S/C15H29N3O2.HI/c1-13-5-2-8-18(11-13)15(16)17-7-4-9-19-12-14-6-3-10-20-14;/h13-14H,2-12H2,1H3,(H2,16,17);1H. The van der Waals surface area contributed by atoms with Gasteiger partial charge in [-0.15, -0.1) is 24.0 Å². The van der Waals surface area contributed by atoms with Crippen LogP contribution in [-0.2, 0) is 9.47 Å². The van der Waals surface area contributed by atoms with Crippen LogP contribution >= 0.6 is 24.0 Å². The number of hydrogen-bond acceptors (Lipinski definition) is 3. The number of aliphatic imine (C=N–C) groups is 1. The summed E-state index contributed by atoms with van der Waals surface area (Å²) < 4.78 is 11.1. The molecule has 2 unspecified atom stereocenters. The summed E-state index contributed by atoms with van der Waals surface area (Å²) in [5.41, 5.74) is 6.04. The van der Waals surface area contributed by atoms with Gasteiger partial charge in [0.2, 0.25) is 0 Å². The first kappa shape index (κ1) is 19.0. The van der Waals surface area contributed by atoms with E-state index in [0.29, 0.717) is 12.1 Å². The molecule has 21 heavy (non-hydrogen) atoms. The van der Waals surface area contributed by atoms with Crippen molar-refractivity contribution >= 4 is 29.9 Å². The Morgan fingerprint density at radius 3 is 2.95 bits per heavy atom. The molecule has 2 atom stereocenters. The van der Waals surface area contributed by atoms with E-state index < -0.39 is 0 Å². The minimum Gasteiger partial charge on any atom is -0.379 e. The zero-order valence-corrected chi connectivity index (χ0v) is 15.5. The van der Waals surface area contributed by atoms with Crippen LogP contribution in [0.4, 0.5) is 0 Å². The maximum absolute atomic E-state index is 6.04. The van der Waals surface area contributed by atoms with Crippen LogP contribution in [0.3, 0.4) is 0 Å². The van der Waals surface area contributed by atoms with Gasteiger partial charge in [-0.3, -0.25) is 4.99 Å². The molecule has 0 bridgehead atoms. The molecule has 2 rings (SSSR count). The predicted octanol–water partition coefficient (Wildman–Crippen LogP) is 2.24. The molecule has 2 N–H and O–H groups in total. The molecular formula is C15H30IN3O2. The predicted molar refractivity (Wildman–Crippen MR) is 96.3 cm³/mol. The third-order valence-electron chi connectivity index (χ3n) is 4.03. The van der Waals surface area contributed by atoms with Crippen molar-refractivity contribution in [2.45, 2.75) is 45.1 Å². The number of nitrogens with zero attached hydrogens (tertiary/aromatic N) is 2. The Bertz CT molecular complexity index is 309. The van der Waals surface area contributed by atoms with Gasteiger partial charge in [0.1, 0.15) is 0 Å². The SMILES string of the molecule is CC1CCCN(C(N)=NCCCOCC2CCCO2)C1.I. The highest BCUT2D eigenvalue weighted by atomic mass is 127. The molecule has 0 aromatic carbocycles. The Morgan fingerprint density at radius 2 is 2.24 bits per heavy atom. The maximum atomic E-state index is 6.04. The van der Waals surface area contributed by atoms with Crippen molar-refractivity contribution in [3.05, 3.63) is 0 Å². The van der Waals surface area contributed by atoms with Crippen molar-refractivity contribution in [1.82, 2.24) is 4.90 Å². The molecule has 0 aromatic rings. The summed E-state index contributed by atoms with van der Waals surface area (Å²) in [7, 11) is 0. The van der Waals surface area contributed by atoms with Gasteiger partial charge in [-0.2, -0.15) is 0 Å². The van der Waals surface area contributed by atoms with E-state index in [9.17, 15) is 0 Å². The van der Waals surface area contributed by atoms with Gasteiger partial charge in [0, 0.05) is 32.8 Å². The van der Waals surface area contributed by atoms with Gasteiger partial charge in [-0.05, 0) is 38.0 Å². The number of likely N-dealkylation sites (tertiary alicyclic amines) is 1. The summed E-state index contributed by atoms with van der Waals surface area (Å²) in [5.74, 6) is 1.43. The summed E-state index contributed by atoms with van der Waals surface area (Å²) in [4.78, 5) is 6.67. The first-order valence-corrected chi connectivity index (χ1v) is 8.00. The van der Waals surface area contributed by atoms with Gasteiger partial charge in [0.15, 0.2) is 5.96 Å². The van der Waals surface area contributed by atoms with E-state index in [1.165, 1.54) is 19.3 Å². The second kappa shape index (κ2) is 10.6. The molecule has 2 fully saturated rings. The van der Waals surface area contributed by atoms with E-state index in [0.717, 1.165) is 58.2 Å². The average molecular weight is 411 g/mol. The Hall–Kier alpha value is -0.0800. The molecule has 6 heteroatoms. The monoisotopic (exact) mass is 411 g/mol. The number of nitrogens with two attached hydrogens (primary N) is 1. The molecule has 0 spiro atoms. The zero-order valence-electron chi connectivity index (χ0n) is 13.1. The smallest absolute Gasteiger partial charge is 0.191 e. The first-order chi connectivity index (χ1) is 9.75. The fourth-order valence-corrected chi connectivity index (χ4v) is 2.85. The van der Waals surface area contributed by atoms with Gasteiger partial charge >= 0.3 is 0 Å². The van der Waals surface area contributed by atoms with Crippen molar-refractivity contribution in [3.63, 3.8) is 0 Å². The normalized spacial score (nSPS) is 26.7. The third kappa shape index (κ3) is 7.15. The molecule has 2 aliphatic heterocycles. The lowest BCUT2D eigenvalue weighted by atomic mass is 10.0. The van der Waals surface area contributed by atoms with Crippen molar-refractivity contribution in [1.29, 1.82) is 0 Å². The number of rotatable bonds is 6. The van der Waals surface area contributed by atoms with Crippen molar-refractivity contribution in [3.8, 4) is 0 Å². The number of guanidine groups is 1. The Kier molecular flexibility index (Phi) is 9.59. The molecule has 2 heterocycles. The maximum Gasteiger partial charge on any atom is 0.191 e. The average Bonchev–Trinajstić information content (AvgIpc) is 2.95. The molecular weight excluding hydrogens is 381 g/mol. The Labute approximate surface area is 145 Å². The molecule has 5 nitrogen and oxygen atoms in total. The third-order valence-corrected chi connectivity index (χ3v) is 4.03. The van der Waals surface area contributed by atoms with Crippen LogP contribution in [0.2, 0.25) is 0 Å². The summed E-state index contributed by atoms with van der Waals surface area (Å²) >= 11 is 0. The van der Waals surface area contributed by atoms with Gasteiger partial charge in [0.05, 0.1) is 12.7 Å². The molecule has 0 amide bonds. The van der Waals surface area contributed by atoms with Crippen molar-refractivity contribution in [2.24, 2.45) is 16.6 Å². The highest BCUT2D eigenvalue weighted by Gasteiger charge is 2.17. The molecule has 0 saturated carbocycles. The first-order valence-electron chi connectivity index (χ1n) is 8.00. The highest BCUT2D eigenvalue weighted by Crippen LogP contribution is 2.15. The Morgan fingerprint density at radius 1 is 1.38 bits per heavy atom. The summed E-state index contributed by atoms with van der Waals surface area (Å²) in [6.45, 7) is 7.49. The summed E-state index contributed by atoms with van der Waals surface area (Å²) in [5, 5.41) is 0. The van der Waals surface area contributed by atoms with Crippen LogP contribution in [0.25, 0.3) is 0 Å². The number of halogens is 1. The second-order valence-electron chi connectivity index (χ2n) is 6.00. The fourth-order valence-electron chi connectivity index (χ4n) is 2.85. The van der Waals surface area contributed by atoms with Gasteiger partial charge in [-0.25, -0.2) is 0 Å². The van der Waals surface area contributed by atoms with Crippen molar-refractivity contribution < 1.29 is 9.47 Å². The number of hydrogen-bond donors (Lipinski definition) is 1. The van der Waals surface area contributed by atoms with Gasteiger partial charge in [-0.1, -0.05) is 6.92 Å². The second-order valence-corrected chi connectivity index (χ2v) is 6.00. The number of ether oxygens (including phenoxy) is 2.